The number of rotatable bonds is 7. The summed E-state index contributed by atoms with van der Waals surface area (Å²) in [5.74, 6) is 0.983. The van der Waals surface area contributed by atoms with Crippen LogP contribution in [0.5, 0.6) is 0 Å². The van der Waals surface area contributed by atoms with Gasteiger partial charge in [-0.2, -0.15) is 5.10 Å². The molecule has 0 unspecified atom stereocenters. The molecule has 1 aromatic heterocycles. The molecule has 2 aromatic rings. The number of benzene rings is 1. The SMILES string of the molecule is CCS(=O)(=O)CCn1ccc(NCc2ccc(C)c(Cl)c2)n1. The fraction of sp³-hybridized carbons (Fsp3) is 0.400. The second kappa shape index (κ2) is 7.15. The molecule has 120 valence electrons. The Morgan fingerprint density at radius 2 is 2.09 bits per heavy atom. The van der Waals surface area contributed by atoms with Gasteiger partial charge in [0.1, 0.15) is 5.82 Å². The third-order valence-corrected chi connectivity index (χ3v) is 5.51. The number of nitrogens with zero attached hydrogens (tertiary/aromatic N) is 2. The molecule has 0 fully saturated rings. The maximum absolute atomic E-state index is 11.5. The van der Waals surface area contributed by atoms with Crippen molar-refractivity contribution in [2.45, 2.75) is 26.9 Å². The third-order valence-electron chi connectivity index (χ3n) is 3.42. The summed E-state index contributed by atoms with van der Waals surface area (Å²) in [6.45, 7) is 4.60. The highest BCUT2D eigenvalue weighted by molar-refractivity contribution is 7.91. The van der Waals surface area contributed by atoms with Crippen LogP contribution in [0.4, 0.5) is 5.82 Å². The Morgan fingerprint density at radius 1 is 1.32 bits per heavy atom. The maximum Gasteiger partial charge on any atom is 0.151 e. The van der Waals surface area contributed by atoms with Gasteiger partial charge in [0.25, 0.3) is 0 Å². The first-order valence-corrected chi connectivity index (χ1v) is 9.32. The highest BCUT2D eigenvalue weighted by Crippen LogP contribution is 2.17. The Kier molecular flexibility index (Phi) is 5.47. The number of nitrogens with one attached hydrogen (secondary N) is 1. The Balaban J connectivity index is 1.90. The summed E-state index contributed by atoms with van der Waals surface area (Å²) in [6.07, 6.45) is 1.77. The lowest BCUT2D eigenvalue weighted by Crippen LogP contribution is -2.15. The topological polar surface area (TPSA) is 64.0 Å². The maximum atomic E-state index is 11.5. The molecule has 0 aliphatic carbocycles. The van der Waals surface area contributed by atoms with Crippen molar-refractivity contribution >= 4 is 27.3 Å². The van der Waals surface area contributed by atoms with Crippen molar-refractivity contribution in [3.05, 3.63) is 46.6 Å². The molecule has 7 heteroatoms. The lowest BCUT2D eigenvalue weighted by molar-refractivity contribution is 0.582. The van der Waals surface area contributed by atoms with Crippen LogP contribution >= 0.6 is 11.6 Å². The van der Waals surface area contributed by atoms with Crippen LogP contribution in [0.25, 0.3) is 0 Å². The number of anilines is 1. The minimum atomic E-state index is -2.97. The average Bonchev–Trinajstić information content (AvgIpc) is 2.95. The zero-order valence-corrected chi connectivity index (χ0v) is 14.3. The largest absolute Gasteiger partial charge is 0.365 e. The fourth-order valence-corrected chi connectivity index (χ4v) is 2.85. The second-order valence-corrected chi connectivity index (χ2v) is 8.02. The van der Waals surface area contributed by atoms with Crippen molar-refractivity contribution in [3.8, 4) is 0 Å². The van der Waals surface area contributed by atoms with Crippen LogP contribution in [0.15, 0.2) is 30.5 Å². The Labute approximate surface area is 136 Å². The van der Waals surface area contributed by atoms with E-state index in [-0.39, 0.29) is 11.5 Å². The molecular formula is C15H20ClN3O2S. The summed E-state index contributed by atoms with van der Waals surface area (Å²) < 4.78 is 24.6. The Morgan fingerprint density at radius 3 is 2.77 bits per heavy atom. The molecule has 0 spiro atoms. The fourth-order valence-electron chi connectivity index (χ4n) is 1.90. The monoisotopic (exact) mass is 341 g/mol. The molecule has 1 N–H and O–H groups in total. The van der Waals surface area contributed by atoms with E-state index in [0.29, 0.717) is 18.9 Å². The third kappa shape index (κ3) is 4.74. The summed E-state index contributed by atoms with van der Waals surface area (Å²) >= 11 is 6.09. The van der Waals surface area contributed by atoms with Gasteiger partial charge in [-0.1, -0.05) is 30.7 Å². The molecule has 0 amide bonds. The van der Waals surface area contributed by atoms with Gasteiger partial charge < -0.3 is 5.32 Å². The van der Waals surface area contributed by atoms with Crippen LogP contribution in [0, 0.1) is 6.92 Å². The summed E-state index contributed by atoms with van der Waals surface area (Å²) in [6, 6.07) is 7.75. The van der Waals surface area contributed by atoms with E-state index in [1.807, 2.05) is 31.2 Å². The number of aryl methyl sites for hydroxylation is 2. The zero-order valence-electron chi connectivity index (χ0n) is 12.7. The van der Waals surface area contributed by atoms with Crippen LogP contribution in [-0.2, 0) is 22.9 Å². The van der Waals surface area contributed by atoms with E-state index in [2.05, 4.69) is 10.4 Å². The molecule has 0 saturated heterocycles. The van der Waals surface area contributed by atoms with Crippen molar-refractivity contribution in [1.29, 1.82) is 0 Å². The van der Waals surface area contributed by atoms with Gasteiger partial charge in [0.15, 0.2) is 9.84 Å². The normalized spacial score (nSPS) is 11.6. The van der Waals surface area contributed by atoms with Crippen LogP contribution in [0.2, 0.25) is 5.02 Å². The average molecular weight is 342 g/mol. The van der Waals surface area contributed by atoms with Gasteiger partial charge in [0.05, 0.1) is 12.3 Å². The van der Waals surface area contributed by atoms with Gasteiger partial charge in [-0.3, -0.25) is 4.68 Å². The van der Waals surface area contributed by atoms with E-state index in [1.54, 1.807) is 17.8 Å². The highest BCUT2D eigenvalue weighted by Gasteiger charge is 2.08. The summed E-state index contributed by atoms with van der Waals surface area (Å²) in [4.78, 5) is 0. The van der Waals surface area contributed by atoms with Gasteiger partial charge >= 0.3 is 0 Å². The first-order valence-electron chi connectivity index (χ1n) is 7.12. The molecule has 0 atom stereocenters. The molecular weight excluding hydrogens is 322 g/mol. The van der Waals surface area contributed by atoms with Gasteiger partial charge in [0, 0.05) is 29.6 Å². The highest BCUT2D eigenvalue weighted by atomic mass is 35.5. The van der Waals surface area contributed by atoms with Gasteiger partial charge in [-0.25, -0.2) is 8.42 Å². The molecule has 1 aromatic carbocycles. The predicted molar refractivity (Wildman–Crippen MR) is 90.1 cm³/mol. The summed E-state index contributed by atoms with van der Waals surface area (Å²) in [5.41, 5.74) is 2.12. The van der Waals surface area contributed by atoms with Crippen molar-refractivity contribution in [1.82, 2.24) is 9.78 Å². The molecule has 1 heterocycles. The molecule has 22 heavy (non-hydrogen) atoms. The molecule has 0 saturated carbocycles. The van der Waals surface area contributed by atoms with Crippen molar-refractivity contribution in [3.63, 3.8) is 0 Å². The molecule has 2 rings (SSSR count). The number of hydrogen-bond donors (Lipinski definition) is 1. The number of halogens is 1. The van der Waals surface area contributed by atoms with E-state index in [9.17, 15) is 8.42 Å². The zero-order chi connectivity index (χ0) is 16.2. The van der Waals surface area contributed by atoms with Crippen LogP contribution in [0.3, 0.4) is 0 Å². The van der Waals surface area contributed by atoms with Crippen LogP contribution in [0.1, 0.15) is 18.1 Å². The minimum absolute atomic E-state index is 0.109. The van der Waals surface area contributed by atoms with E-state index in [1.165, 1.54) is 0 Å². The van der Waals surface area contributed by atoms with E-state index < -0.39 is 9.84 Å². The second-order valence-electron chi connectivity index (χ2n) is 5.14. The molecule has 0 aliphatic rings. The lowest BCUT2D eigenvalue weighted by atomic mass is 10.1. The Bertz CT molecular complexity index is 741. The summed E-state index contributed by atoms with van der Waals surface area (Å²) in [5, 5.41) is 8.25. The van der Waals surface area contributed by atoms with Crippen LogP contribution < -0.4 is 5.32 Å². The number of sulfone groups is 1. The molecule has 0 radical (unpaired) electrons. The van der Waals surface area contributed by atoms with E-state index in [0.717, 1.165) is 16.1 Å². The smallest absolute Gasteiger partial charge is 0.151 e. The first-order chi connectivity index (χ1) is 10.4. The molecule has 0 aliphatic heterocycles. The van der Waals surface area contributed by atoms with E-state index >= 15 is 0 Å². The van der Waals surface area contributed by atoms with Gasteiger partial charge in [0.2, 0.25) is 0 Å². The van der Waals surface area contributed by atoms with Gasteiger partial charge in [-0.15, -0.1) is 0 Å². The predicted octanol–water partition coefficient (Wildman–Crippen LogP) is 2.89. The van der Waals surface area contributed by atoms with Crippen LogP contribution in [-0.4, -0.2) is 29.7 Å². The number of hydrogen-bond acceptors (Lipinski definition) is 4. The van der Waals surface area contributed by atoms with Crippen molar-refractivity contribution in [2.24, 2.45) is 0 Å². The summed E-state index contributed by atoms with van der Waals surface area (Å²) in [7, 11) is -2.97. The van der Waals surface area contributed by atoms with Gasteiger partial charge in [-0.05, 0) is 24.1 Å². The van der Waals surface area contributed by atoms with E-state index in [4.69, 9.17) is 11.6 Å². The Hall–Kier alpha value is -1.53. The number of aromatic nitrogens is 2. The quantitative estimate of drug-likeness (QED) is 0.841. The molecule has 0 bridgehead atoms. The van der Waals surface area contributed by atoms with Crippen molar-refractivity contribution < 1.29 is 8.42 Å². The minimum Gasteiger partial charge on any atom is -0.365 e. The first kappa shape index (κ1) is 16.8. The van der Waals surface area contributed by atoms with Crippen molar-refractivity contribution in [2.75, 3.05) is 16.8 Å². The standard InChI is InChI=1S/C15H20ClN3O2S/c1-3-22(20,21)9-8-19-7-6-15(18-19)17-11-13-5-4-12(2)14(16)10-13/h4-7,10H,3,8-9,11H2,1-2H3,(H,17,18). The molecule has 5 nitrogen and oxygen atoms in total. The lowest BCUT2D eigenvalue weighted by Gasteiger charge is -2.06.